The van der Waals surface area contributed by atoms with Crippen molar-refractivity contribution in [1.82, 2.24) is 10.6 Å². The highest BCUT2D eigenvalue weighted by Gasteiger charge is 2.26. The van der Waals surface area contributed by atoms with E-state index in [0.717, 1.165) is 44.9 Å². The van der Waals surface area contributed by atoms with E-state index in [2.05, 4.69) is 17.6 Å². The first-order valence-corrected chi connectivity index (χ1v) is 7.88. The third-order valence-electron chi connectivity index (χ3n) is 4.07. The number of hydrogen-bond acceptors (Lipinski definition) is 3. The SMILES string of the molecule is CCCCC(COC)NC(=O)NC1CCCCC1CO. The molecule has 0 radical (unpaired) electrons. The van der Waals surface area contributed by atoms with Crippen LogP contribution in [0.3, 0.4) is 0 Å². The fraction of sp³-hybridized carbons (Fsp3) is 0.933. The van der Waals surface area contributed by atoms with E-state index >= 15 is 0 Å². The van der Waals surface area contributed by atoms with Crippen LogP contribution < -0.4 is 10.6 Å². The summed E-state index contributed by atoms with van der Waals surface area (Å²) in [6.07, 6.45) is 7.36. The van der Waals surface area contributed by atoms with Crippen LogP contribution in [-0.2, 0) is 4.74 Å². The van der Waals surface area contributed by atoms with Crippen LogP contribution in [0.4, 0.5) is 4.79 Å². The Morgan fingerprint density at radius 3 is 2.80 bits per heavy atom. The van der Waals surface area contributed by atoms with Gasteiger partial charge in [0.1, 0.15) is 0 Å². The molecule has 1 aliphatic rings. The van der Waals surface area contributed by atoms with Crippen LogP contribution in [-0.4, -0.2) is 43.5 Å². The van der Waals surface area contributed by atoms with Crippen molar-refractivity contribution >= 4 is 6.03 Å². The third-order valence-corrected chi connectivity index (χ3v) is 4.07. The summed E-state index contributed by atoms with van der Waals surface area (Å²) in [5, 5.41) is 15.4. The van der Waals surface area contributed by atoms with Crippen molar-refractivity contribution in [2.24, 2.45) is 5.92 Å². The number of urea groups is 1. The quantitative estimate of drug-likeness (QED) is 0.639. The Hall–Kier alpha value is -0.810. The summed E-state index contributed by atoms with van der Waals surface area (Å²) >= 11 is 0. The summed E-state index contributed by atoms with van der Waals surface area (Å²) in [7, 11) is 1.65. The first kappa shape index (κ1) is 17.2. The first-order chi connectivity index (χ1) is 9.71. The van der Waals surface area contributed by atoms with Gasteiger partial charge in [-0.05, 0) is 19.3 Å². The van der Waals surface area contributed by atoms with Gasteiger partial charge in [0, 0.05) is 25.7 Å². The lowest BCUT2D eigenvalue weighted by Gasteiger charge is -2.31. The molecule has 0 aromatic carbocycles. The summed E-state index contributed by atoms with van der Waals surface area (Å²) in [6, 6.07) is 0.0349. The Morgan fingerprint density at radius 2 is 2.15 bits per heavy atom. The van der Waals surface area contributed by atoms with E-state index in [1.54, 1.807) is 7.11 Å². The second kappa shape index (κ2) is 10.00. The summed E-state index contributed by atoms with van der Waals surface area (Å²) in [5.74, 6) is 0.200. The fourth-order valence-corrected chi connectivity index (χ4v) is 2.86. The van der Waals surface area contributed by atoms with Gasteiger partial charge in [-0.15, -0.1) is 0 Å². The molecule has 20 heavy (non-hydrogen) atoms. The van der Waals surface area contributed by atoms with Gasteiger partial charge < -0.3 is 20.5 Å². The number of ether oxygens (including phenoxy) is 1. The van der Waals surface area contributed by atoms with Crippen molar-refractivity contribution in [2.75, 3.05) is 20.3 Å². The zero-order valence-corrected chi connectivity index (χ0v) is 12.9. The van der Waals surface area contributed by atoms with Gasteiger partial charge in [-0.3, -0.25) is 0 Å². The highest BCUT2D eigenvalue weighted by atomic mass is 16.5. The van der Waals surface area contributed by atoms with Crippen molar-refractivity contribution < 1.29 is 14.6 Å². The molecule has 118 valence electrons. The molecule has 1 fully saturated rings. The highest BCUT2D eigenvalue weighted by Crippen LogP contribution is 2.23. The lowest BCUT2D eigenvalue weighted by atomic mass is 9.85. The predicted molar refractivity (Wildman–Crippen MR) is 79.7 cm³/mol. The maximum atomic E-state index is 12.1. The van der Waals surface area contributed by atoms with Crippen molar-refractivity contribution in [3.63, 3.8) is 0 Å². The Kier molecular flexibility index (Phi) is 8.62. The maximum Gasteiger partial charge on any atom is 0.315 e. The third kappa shape index (κ3) is 6.09. The number of unbranched alkanes of at least 4 members (excludes halogenated alkanes) is 1. The van der Waals surface area contributed by atoms with Gasteiger partial charge in [-0.25, -0.2) is 4.79 Å². The minimum Gasteiger partial charge on any atom is -0.396 e. The van der Waals surface area contributed by atoms with Crippen molar-refractivity contribution in [2.45, 2.75) is 64.0 Å². The summed E-state index contributed by atoms with van der Waals surface area (Å²) in [5.41, 5.74) is 0. The van der Waals surface area contributed by atoms with Gasteiger partial charge in [0.2, 0.25) is 0 Å². The standard InChI is InChI=1S/C15H30N2O3/c1-3-4-8-13(11-20-2)16-15(19)17-14-9-6-5-7-12(14)10-18/h12-14,18H,3-11H2,1-2H3,(H2,16,17,19). The molecule has 0 aromatic heterocycles. The zero-order chi connectivity index (χ0) is 14.8. The van der Waals surface area contributed by atoms with Crippen LogP contribution >= 0.6 is 0 Å². The minimum absolute atomic E-state index is 0.0658. The van der Waals surface area contributed by atoms with Crippen LogP contribution in [0.5, 0.6) is 0 Å². The van der Waals surface area contributed by atoms with E-state index < -0.39 is 0 Å². The molecule has 2 amide bonds. The molecule has 5 nitrogen and oxygen atoms in total. The van der Waals surface area contributed by atoms with Crippen LogP contribution in [0.1, 0.15) is 51.9 Å². The largest absolute Gasteiger partial charge is 0.396 e. The molecule has 3 atom stereocenters. The molecule has 0 aliphatic heterocycles. The van der Waals surface area contributed by atoms with Crippen LogP contribution in [0.15, 0.2) is 0 Å². The molecule has 3 N–H and O–H groups in total. The van der Waals surface area contributed by atoms with Gasteiger partial charge in [0.05, 0.1) is 12.6 Å². The summed E-state index contributed by atoms with van der Waals surface area (Å²) < 4.78 is 5.15. The van der Waals surface area contributed by atoms with E-state index in [9.17, 15) is 9.90 Å². The Morgan fingerprint density at radius 1 is 1.40 bits per heavy atom. The molecule has 3 unspecified atom stereocenters. The molecular weight excluding hydrogens is 256 g/mol. The second-order valence-electron chi connectivity index (χ2n) is 5.75. The number of carbonyl (C=O) groups excluding carboxylic acids is 1. The zero-order valence-electron chi connectivity index (χ0n) is 12.9. The van der Waals surface area contributed by atoms with Crippen molar-refractivity contribution in [3.05, 3.63) is 0 Å². The topological polar surface area (TPSA) is 70.6 Å². The average molecular weight is 286 g/mol. The lowest BCUT2D eigenvalue weighted by Crippen LogP contribution is -2.51. The molecule has 0 aromatic rings. The monoisotopic (exact) mass is 286 g/mol. The number of carbonyl (C=O) groups is 1. The van der Waals surface area contributed by atoms with Crippen LogP contribution in [0, 0.1) is 5.92 Å². The average Bonchev–Trinajstić information content (AvgIpc) is 2.45. The normalized spacial score (nSPS) is 24.1. The Labute approximate surface area is 122 Å². The molecule has 0 saturated heterocycles. The maximum absolute atomic E-state index is 12.1. The van der Waals surface area contributed by atoms with Gasteiger partial charge in [0.25, 0.3) is 0 Å². The molecule has 0 spiro atoms. The molecule has 1 saturated carbocycles. The van der Waals surface area contributed by atoms with Gasteiger partial charge in [-0.2, -0.15) is 0 Å². The Balaban J connectivity index is 2.38. The summed E-state index contributed by atoms with van der Waals surface area (Å²) in [6.45, 7) is 2.83. The second-order valence-corrected chi connectivity index (χ2v) is 5.75. The predicted octanol–water partition coefficient (Wildman–Crippen LogP) is 2.04. The highest BCUT2D eigenvalue weighted by molar-refractivity contribution is 5.74. The lowest BCUT2D eigenvalue weighted by molar-refractivity contribution is 0.145. The number of methoxy groups -OCH3 is 1. The number of aliphatic hydroxyl groups excluding tert-OH is 1. The van der Waals surface area contributed by atoms with E-state index in [0.29, 0.717) is 6.61 Å². The number of nitrogens with one attached hydrogen (secondary N) is 2. The fourth-order valence-electron chi connectivity index (χ4n) is 2.86. The molecular formula is C15H30N2O3. The smallest absolute Gasteiger partial charge is 0.315 e. The molecule has 0 heterocycles. The summed E-state index contributed by atoms with van der Waals surface area (Å²) in [4.78, 5) is 12.1. The van der Waals surface area contributed by atoms with Crippen LogP contribution in [0.2, 0.25) is 0 Å². The Bertz CT molecular complexity index is 274. The molecule has 5 heteroatoms. The van der Waals surface area contributed by atoms with E-state index in [4.69, 9.17) is 4.74 Å². The van der Waals surface area contributed by atoms with E-state index in [-0.39, 0.29) is 30.6 Å². The first-order valence-electron chi connectivity index (χ1n) is 7.88. The molecule has 1 aliphatic carbocycles. The number of aliphatic hydroxyl groups is 1. The number of amides is 2. The molecule has 0 bridgehead atoms. The van der Waals surface area contributed by atoms with Gasteiger partial charge >= 0.3 is 6.03 Å². The minimum atomic E-state index is -0.131. The van der Waals surface area contributed by atoms with Crippen molar-refractivity contribution in [1.29, 1.82) is 0 Å². The van der Waals surface area contributed by atoms with Crippen LogP contribution in [0.25, 0.3) is 0 Å². The van der Waals surface area contributed by atoms with E-state index in [1.807, 2.05) is 0 Å². The number of hydrogen-bond donors (Lipinski definition) is 3. The van der Waals surface area contributed by atoms with Crippen molar-refractivity contribution in [3.8, 4) is 0 Å². The van der Waals surface area contributed by atoms with Gasteiger partial charge in [-0.1, -0.05) is 32.6 Å². The van der Waals surface area contributed by atoms with Gasteiger partial charge in [0.15, 0.2) is 0 Å². The van der Waals surface area contributed by atoms with E-state index in [1.165, 1.54) is 0 Å². The molecule has 1 rings (SSSR count). The number of rotatable bonds is 8.